The summed E-state index contributed by atoms with van der Waals surface area (Å²) < 4.78 is 3.08. The van der Waals surface area contributed by atoms with Gasteiger partial charge in [0.25, 0.3) is 0 Å². The summed E-state index contributed by atoms with van der Waals surface area (Å²) in [5, 5.41) is 0.466. The van der Waals surface area contributed by atoms with Gasteiger partial charge in [-0.15, -0.1) is 11.6 Å². The van der Waals surface area contributed by atoms with Crippen LogP contribution in [0, 0.1) is 6.92 Å². The van der Waals surface area contributed by atoms with Gasteiger partial charge in [0.15, 0.2) is 0 Å². The number of benzene rings is 2. The normalized spacial score (nSPS) is 12.8. The largest absolute Gasteiger partial charge is 0.294 e. The van der Waals surface area contributed by atoms with E-state index in [1.54, 1.807) is 0 Å². The van der Waals surface area contributed by atoms with Gasteiger partial charge in [0, 0.05) is 9.50 Å². The molecule has 0 saturated carbocycles. The van der Waals surface area contributed by atoms with Crippen LogP contribution in [-0.2, 0) is 0 Å². The van der Waals surface area contributed by atoms with E-state index in [-0.39, 0.29) is 5.38 Å². The summed E-state index contributed by atoms with van der Waals surface area (Å²) in [4.78, 5) is 4.65. The summed E-state index contributed by atoms with van der Waals surface area (Å²) in [6.07, 6.45) is 0. The lowest BCUT2D eigenvalue weighted by molar-refractivity contribution is 0.879. The molecule has 0 N–H and O–H groups in total. The molecule has 2 aromatic carbocycles. The predicted molar refractivity (Wildman–Crippen MR) is 92.8 cm³/mol. The third-order valence-corrected chi connectivity index (χ3v) is 4.44. The zero-order chi connectivity index (χ0) is 15.1. The first kappa shape index (κ1) is 14.9. The molecule has 21 heavy (non-hydrogen) atoms. The lowest BCUT2D eigenvalue weighted by Gasteiger charge is -2.13. The summed E-state index contributed by atoms with van der Waals surface area (Å²) >= 11 is 16.0. The van der Waals surface area contributed by atoms with Crippen LogP contribution < -0.4 is 0 Å². The summed E-state index contributed by atoms with van der Waals surface area (Å²) in [5.41, 5.74) is 4.05. The summed E-state index contributed by atoms with van der Waals surface area (Å²) in [6, 6.07) is 11.9. The number of rotatable bonds is 2. The number of fused-ring (bicyclic) bond motifs is 1. The summed E-state index contributed by atoms with van der Waals surface area (Å²) in [6.45, 7) is 3.99. The van der Waals surface area contributed by atoms with Crippen molar-refractivity contribution in [2.45, 2.75) is 19.2 Å². The van der Waals surface area contributed by atoms with Crippen LogP contribution >= 0.6 is 39.1 Å². The minimum Gasteiger partial charge on any atom is -0.294 e. The van der Waals surface area contributed by atoms with E-state index in [1.165, 1.54) is 5.56 Å². The van der Waals surface area contributed by atoms with Gasteiger partial charge in [-0.05, 0) is 65.7 Å². The second-order valence-corrected chi connectivity index (χ2v) is 6.95. The predicted octanol–water partition coefficient (Wildman–Crippen LogP) is 6.05. The molecule has 1 unspecified atom stereocenters. The van der Waals surface area contributed by atoms with E-state index < -0.39 is 0 Å². The fraction of sp³-hybridized carbons (Fsp3) is 0.188. The van der Waals surface area contributed by atoms with Crippen molar-refractivity contribution in [2.75, 3.05) is 0 Å². The maximum Gasteiger partial charge on any atom is 0.132 e. The summed E-state index contributed by atoms with van der Waals surface area (Å²) in [7, 11) is 0. The van der Waals surface area contributed by atoms with Crippen molar-refractivity contribution in [3.63, 3.8) is 0 Å². The molecule has 0 fully saturated rings. The number of imidazole rings is 1. The fourth-order valence-corrected chi connectivity index (χ4v) is 3.12. The Labute approximate surface area is 141 Å². The number of aryl methyl sites for hydroxylation is 1. The third-order valence-electron chi connectivity index (χ3n) is 3.34. The molecule has 2 nitrogen and oxygen atoms in total. The van der Waals surface area contributed by atoms with Crippen molar-refractivity contribution >= 4 is 50.2 Å². The van der Waals surface area contributed by atoms with E-state index in [0.717, 1.165) is 27.0 Å². The highest BCUT2D eigenvalue weighted by Gasteiger charge is 2.18. The maximum atomic E-state index is 6.33. The van der Waals surface area contributed by atoms with Crippen molar-refractivity contribution in [3.8, 4) is 5.69 Å². The van der Waals surface area contributed by atoms with Gasteiger partial charge in [0.2, 0.25) is 0 Å². The van der Waals surface area contributed by atoms with Gasteiger partial charge in [-0.2, -0.15) is 0 Å². The quantitative estimate of drug-likeness (QED) is 0.492. The Hall–Kier alpha value is -1.03. The van der Waals surface area contributed by atoms with Crippen molar-refractivity contribution in [3.05, 3.63) is 57.3 Å². The molecule has 3 aromatic rings. The lowest BCUT2D eigenvalue weighted by Crippen LogP contribution is -2.03. The highest BCUT2D eigenvalue weighted by atomic mass is 79.9. The van der Waals surface area contributed by atoms with Gasteiger partial charge in [-0.3, -0.25) is 4.57 Å². The monoisotopic (exact) mass is 382 g/mol. The average Bonchev–Trinajstić information content (AvgIpc) is 2.80. The molecular weight excluding hydrogens is 371 g/mol. The Balaban J connectivity index is 2.39. The Bertz CT molecular complexity index is 825. The first-order valence-corrected chi connectivity index (χ1v) is 8.16. The highest BCUT2D eigenvalue weighted by Crippen LogP contribution is 2.33. The molecule has 0 aliphatic heterocycles. The molecule has 3 rings (SSSR count). The van der Waals surface area contributed by atoms with Gasteiger partial charge < -0.3 is 0 Å². The van der Waals surface area contributed by atoms with Gasteiger partial charge >= 0.3 is 0 Å². The van der Waals surface area contributed by atoms with Gasteiger partial charge in [0.05, 0.1) is 22.1 Å². The highest BCUT2D eigenvalue weighted by molar-refractivity contribution is 9.10. The molecule has 1 heterocycles. The van der Waals surface area contributed by atoms with E-state index in [1.807, 2.05) is 31.2 Å². The molecule has 0 bridgehead atoms. The molecule has 0 saturated heterocycles. The van der Waals surface area contributed by atoms with Crippen LogP contribution in [0.25, 0.3) is 16.7 Å². The van der Waals surface area contributed by atoms with Gasteiger partial charge in [0.1, 0.15) is 5.82 Å². The average molecular weight is 384 g/mol. The molecule has 0 aliphatic rings. The zero-order valence-electron chi connectivity index (χ0n) is 11.6. The second kappa shape index (κ2) is 5.64. The third kappa shape index (κ3) is 2.70. The molecule has 1 atom stereocenters. The molecule has 0 aliphatic carbocycles. The molecule has 5 heteroatoms. The van der Waals surface area contributed by atoms with Crippen LogP contribution in [0.5, 0.6) is 0 Å². The molecule has 0 spiro atoms. The van der Waals surface area contributed by atoms with Crippen LogP contribution in [0.15, 0.2) is 40.9 Å². The van der Waals surface area contributed by atoms with Crippen LogP contribution in [-0.4, -0.2) is 9.55 Å². The lowest BCUT2D eigenvalue weighted by atomic mass is 10.2. The van der Waals surface area contributed by atoms with Crippen LogP contribution in [0.3, 0.4) is 0 Å². The molecule has 1 aromatic heterocycles. The van der Waals surface area contributed by atoms with Crippen molar-refractivity contribution < 1.29 is 0 Å². The van der Waals surface area contributed by atoms with Crippen molar-refractivity contribution in [1.82, 2.24) is 9.55 Å². The van der Waals surface area contributed by atoms with Crippen LogP contribution in [0.4, 0.5) is 0 Å². The maximum absolute atomic E-state index is 6.33. The van der Waals surface area contributed by atoms with Crippen molar-refractivity contribution in [1.29, 1.82) is 0 Å². The van der Waals surface area contributed by atoms with Crippen LogP contribution in [0.2, 0.25) is 5.02 Å². The first-order chi connectivity index (χ1) is 9.97. The van der Waals surface area contributed by atoms with E-state index in [2.05, 4.69) is 44.5 Å². The van der Waals surface area contributed by atoms with Gasteiger partial charge in [-0.1, -0.05) is 17.7 Å². The number of hydrogen-bond donors (Lipinski definition) is 0. The number of nitrogens with zero attached hydrogens (tertiary/aromatic N) is 2. The number of hydrogen-bond acceptors (Lipinski definition) is 1. The molecule has 108 valence electrons. The second-order valence-electron chi connectivity index (χ2n) is 5.01. The Morgan fingerprint density at radius 2 is 1.95 bits per heavy atom. The van der Waals surface area contributed by atoms with E-state index >= 15 is 0 Å². The number of alkyl halides is 1. The Kier molecular flexibility index (Phi) is 4.00. The number of halogens is 3. The smallest absolute Gasteiger partial charge is 0.132 e. The Morgan fingerprint density at radius 3 is 2.67 bits per heavy atom. The minimum absolute atomic E-state index is 0.205. The summed E-state index contributed by atoms with van der Waals surface area (Å²) in [5.74, 6) is 0.806. The topological polar surface area (TPSA) is 17.8 Å². The molecule has 0 amide bonds. The van der Waals surface area contributed by atoms with Crippen LogP contribution in [0.1, 0.15) is 23.7 Å². The first-order valence-electron chi connectivity index (χ1n) is 6.56. The SMILES string of the molecule is Cc1ccc(Br)c(-n2c(C(C)Cl)nc3cc(Cl)ccc32)c1. The Morgan fingerprint density at radius 1 is 1.19 bits per heavy atom. The van der Waals surface area contributed by atoms with Gasteiger partial charge in [-0.25, -0.2) is 4.98 Å². The minimum atomic E-state index is -0.205. The van der Waals surface area contributed by atoms with E-state index in [4.69, 9.17) is 23.2 Å². The van der Waals surface area contributed by atoms with E-state index in [0.29, 0.717) is 5.02 Å². The fourth-order valence-electron chi connectivity index (χ4n) is 2.39. The van der Waals surface area contributed by atoms with E-state index in [9.17, 15) is 0 Å². The molecular formula is C16H13BrCl2N2. The van der Waals surface area contributed by atoms with Crippen molar-refractivity contribution in [2.24, 2.45) is 0 Å². The number of aromatic nitrogens is 2. The molecule has 0 radical (unpaired) electrons. The zero-order valence-corrected chi connectivity index (χ0v) is 14.7. The standard InChI is InChI=1S/C16H13BrCl2N2/c1-9-3-5-12(17)15(7-9)21-14-6-4-11(19)8-13(14)20-16(21)10(2)18/h3-8,10H,1-2H3.